The van der Waals surface area contributed by atoms with Gasteiger partial charge in [-0.25, -0.2) is 0 Å². The fourth-order valence-electron chi connectivity index (χ4n) is 2.27. The van der Waals surface area contributed by atoms with Crippen molar-refractivity contribution in [1.29, 1.82) is 0 Å². The van der Waals surface area contributed by atoms with Crippen LogP contribution in [0.25, 0.3) is 18.2 Å². The van der Waals surface area contributed by atoms with Gasteiger partial charge in [0.15, 0.2) is 0 Å². The second-order valence-corrected chi connectivity index (χ2v) is 6.88. The Bertz CT molecular complexity index is 724. The number of carbonyl (C=O) groups excluding carboxylic acids is 1. The van der Waals surface area contributed by atoms with Crippen LogP contribution >= 0.6 is 0 Å². The molecule has 2 rings (SSSR count). The molecule has 0 N–H and O–H groups in total. The third-order valence-electron chi connectivity index (χ3n) is 3.36. The van der Waals surface area contributed by atoms with Crippen LogP contribution in [0.2, 0.25) is 0 Å². The van der Waals surface area contributed by atoms with E-state index < -0.39 is 5.97 Å². The Morgan fingerprint density at radius 2 is 1.19 bits per heavy atom. The molecule has 144 valence electrons. The SMILES string of the molecule is C=Cc1ccccc1C=C.C=Cc1ccccc1C[N+](C)(C)C.CC(=O)[O-]. The highest BCUT2D eigenvalue weighted by Crippen LogP contribution is 2.13. The molecule has 0 radical (unpaired) electrons. The van der Waals surface area contributed by atoms with E-state index in [1.165, 1.54) is 11.1 Å². The van der Waals surface area contributed by atoms with Gasteiger partial charge in [-0.2, -0.15) is 0 Å². The molecule has 27 heavy (non-hydrogen) atoms. The highest BCUT2D eigenvalue weighted by Gasteiger charge is 2.09. The quantitative estimate of drug-likeness (QED) is 0.743. The molecule has 0 aliphatic heterocycles. The molecule has 0 aliphatic carbocycles. The van der Waals surface area contributed by atoms with Gasteiger partial charge in [0.1, 0.15) is 6.54 Å². The van der Waals surface area contributed by atoms with E-state index in [4.69, 9.17) is 9.90 Å². The number of quaternary nitrogens is 1. The summed E-state index contributed by atoms with van der Waals surface area (Å²) in [6.45, 7) is 13.2. The predicted molar refractivity (Wildman–Crippen MR) is 116 cm³/mol. The lowest BCUT2D eigenvalue weighted by molar-refractivity contribution is -0.884. The summed E-state index contributed by atoms with van der Waals surface area (Å²) in [5, 5.41) is 8.89. The summed E-state index contributed by atoms with van der Waals surface area (Å²) in [5.74, 6) is -1.08. The number of hydrogen-bond donors (Lipinski definition) is 0. The Morgan fingerprint density at radius 3 is 1.52 bits per heavy atom. The minimum absolute atomic E-state index is 0.949. The fraction of sp³-hybridized carbons (Fsp3) is 0.208. The van der Waals surface area contributed by atoms with E-state index in [0.29, 0.717) is 0 Å². The minimum Gasteiger partial charge on any atom is -0.550 e. The molecule has 3 nitrogen and oxygen atoms in total. The van der Waals surface area contributed by atoms with E-state index in [1.54, 1.807) is 0 Å². The lowest BCUT2D eigenvalue weighted by atomic mass is 10.1. The average molecular weight is 366 g/mol. The predicted octanol–water partition coefficient (Wildman–Crippen LogP) is 4.26. The summed E-state index contributed by atoms with van der Waals surface area (Å²) < 4.78 is 0.949. The molecule has 0 bridgehead atoms. The number of aliphatic carboxylic acids is 1. The molecule has 0 atom stereocenters. The van der Waals surface area contributed by atoms with Gasteiger partial charge in [-0.15, -0.1) is 0 Å². The van der Waals surface area contributed by atoms with Crippen molar-refractivity contribution in [2.45, 2.75) is 13.5 Å². The van der Waals surface area contributed by atoms with Crippen LogP contribution in [0.15, 0.2) is 68.3 Å². The molecule has 3 heteroatoms. The zero-order valence-electron chi connectivity index (χ0n) is 16.9. The largest absolute Gasteiger partial charge is 0.550 e. The van der Waals surface area contributed by atoms with Crippen LogP contribution in [0, 0.1) is 0 Å². The topological polar surface area (TPSA) is 40.1 Å². The molecule has 2 aromatic rings. The first-order chi connectivity index (χ1) is 12.6. The number of hydrogen-bond acceptors (Lipinski definition) is 2. The Labute approximate surface area is 164 Å². The van der Waals surface area contributed by atoms with Crippen molar-refractivity contribution in [2.24, 2.45) is 0 Å². The van der Waals surface area contributed by atoms with Crippen LogP contribution in [0.1, 0.15) is 29.2 Å². The van der Waals surface area contributed by atoms with Crippen LogP contribution < -0.4 is 5.11 Å². The Kier molecular flexibility index (Phi) is 11.1. The highest BCUT2D eigenvalue weighted by atomic mass is 16.4. The van der Waals surface area contributed by atoms with E-state index in [1.807, 2.05) is 42.5 Å². The van der Waals surface area contributed by atoms with Gasteiger partial charge in [0.2, 0.25) is 0 Å². The van der Waals surface area contributed by atoms with Gasteiger partial charge in [0, 0.05) is 11.5 Å². The van der Waals surface area contributed by atoms with Crippen molar-refractivity contribution in [2.75, 3.05) is 21.1 Å². The van der Waals surface area contributed by atoms with Crippen molar-refractivity contribution < 1.29 is 14.4 Å². The number of nitrogens with zero attached hydrogens (tertiary/aromatic N) is 1. The summed E-state index contributed by atoms with van der Waals surface area (Å²) in [5.41, 5.74) is 4.88. The summed E-state index contributed by atoms with van der Waals surface area (Å²) in [6, 6.07) is 16.4. The van der Waals surface area contributed by atoms with Gasteiger partial charge >= 0.3 is 0 Å². The smallest absolute Gasteiger partial charge is 0.104 e. The normalized spacial score (nSPS) is 9.63. The number of carbonyl (C=O) groups is 1. The van der Waals surface area contributed by atoms with Gasteiger partial charge in [-0.05, 0) is 23.6 Å². The van der Waals surface area contributed by atoms with E-state index in [9.17, 15) is 0 Å². The molecule has 0 saturated heterocycles. The average Bonchev–Trinajstić information content (AvgIpc) is 2.61. The molecule has 0 saturated carbocycles. The van der Waals surface area contributed by atoms with Crippen molar-refractivity contribution in [3.63, 3.8) is 0 Å². The second kappa shape index (κ2) is 12.4. The standard InChI is InChI=1S/C12H18N.C10H10.C2H4O2/c1-5-11-8-6-7-9-12(11)10-13(2,3)4;1-3-9-7-5-6-8-10(9)4-2;1-2(3)4/h5-9H,1,10H2,2-4H3;3-8H,1-2H2;1H3,(H,3,4)/q+1;;/p-1. The van der Waals surface area contributed by atoms with Crippen molar-refractivity contribution in [3.8, 4) is 0 Å². The first-order valence-corrected chi connectivity index (χ1v) is 8.67. The summed E-state index contributed by atoms with van der Waals surface area (Å²) in [6.07, 6.45) is 5.58. The Hall–Kier alpha value is -2.91. The van der Waals surface area contributed by atoms with Gasteiger partial charge in [-0.3, -0.25) is 0 Å². The van der Waals surface area contributed by atoms with Crippen molar-refractivity contribution in [3.05, 3.63) is 90.5 Å². The fourth-order valence-corrected chi connectivity index (χ4v) is 2.27. The zero-order chi connectivity index (χ0) is 20.9. The maximum absolute atomic E-state index is 8.89. The number of rotatable bonds is 5. The molecule has 0 heterocycles. The molecule has 0 spiro atoms. The number of carboxylic acid groups (broad SMARTS) is 1. The molecular formula is C24H31NO2. The summed E-state index contributed by atoms with van der Waals surface area (Å²) in [7, 11) is 6.58. The van der Waals surface area contributed by atoms with Crippen LogP contribution in [-0.4, -0.2) is 31.6 Å². The lowest BCUT2D eigenvalue weighted by Crippen LogP contribution is -2.33. The molecule has 0 amide bonds. The van der Waals surface area contributed by atoms with Crippen LogP contribution in [0.4, 0.5) is 0 Å². The maximum atomic E-state index is 8.89. The van der Waals surface area contributed by atoms with E-state index >= 15 is 0 Å². The van der Waals surface area contributed by atoms with Crippen molar-refractivity contribution in [1.82, 2.24) is 0 Å². The maximum Gasteiger partial charge on any atom is 0.104 e. The van der Waals surface area contributed by atoms with Crippen LogP contribution in [-0.2, 0) is 11.3 Å². The highest BCUT2D eigenvalue weighted by molar-refractivity contribution is 5.63. The Morgan fingerprint density at radius 1 is 0.852 bits per heavy atom. The van der Waals surface area contributed by atoms with E-state index in [0.717, 1.165) is 29.1 Å². The molecule has 0 aromatic heterocycles. The Balaban J connectivity index is 0.000000428. The van der Waals surface area contributed by atoms with E-state index in [2.05, 4.69) is 65.1 Å². The van der Waals surface area contributed by atoms with Crippen LogP contribution in [0.3, 0.4) is 0 Å². The summed E-state index contributed by atoms with van der Waals surface area (Å²) in [4.78, 5) is 8.89. The van der Waals surface area contributed by atoms with Gasteiger partial charge in [0.25, 0.3) is 0 Å². The third kappa shape index (κ3) is 11.3. The molecular weight excluding hydrogens is 334 g/mol. The molecule has 0 aliphatic rings. The monoisotopic (exact) mass is 365 g/mol. The molecule has 0 fully saturated rings. The second-order valence-electron chi connectivity index (χ2n) is 6.88. The number of benzene rings is 2. The number of carboxylic acids is 1. The minimum atomic E-state index is -1.08. The lowest BCUT2D eigenvalue weighted by Gasteiger charge is -2.24. The first kappa shape index (κ1) is 24.1. The van der Waals surface area contributed by atoms with Gasteiger partial charge in [-0.1, -0.05) is 86.5 Å². The van der Waals surface area contributed by atoms with Crippen LogP contribution in [0.5, 0.6) is 0 Å². The molecule has 0 unspecified atom stereocenters. The third-order valence-corrected chi connectivity index (χ3v) is 3.36. The van der Waals surface area contributed by atoms with E-state index in [-0.39, 0.29) is 0 Å². The summed E-state index contributed by atoms with van der Waals surface area (Å²) >= 11 is 0. The van der Waals surface area contributed by atoms with Crippen molar-refractivity contribution >= 4 is 24.2 Å². The van der Waals surface area contributed by atoms with Gasteiger partial charge in [0.05, 0.1) is 21.1 Å². The molecule has 2 aromatic carbocycles. The zero-order valence-corrected chi connectivity index (χ0v) is 16.9. The first-order valence-electron chi connectivity index (χ1n) is 8.67. The van der Waals surface area contributed by atoms with Gasteiger partial charge < -0.3 is 14.4 Å².